The molecule has 24 heavy (non-hydrogen) atoms. The van der Waals surface area contributed by atoms with Gasteiger partial charge in [-0.1, -0.05) is 50.6 Å². The lowest BCUT2D eigenvalue weighted by Crippen LogP contribution is -2.48. The fraction of sp³-hybridized carbons (Fsp3) is 0.500. The number of nitrogens with one attached hydrogen (secondary N) is 2. The van der Waals surface area contributed by atoms with E-state index in [4.69, 9.17) is 5.73 Å². The molecule has 0 aliphatic heterocycles. The van der Waals surface area contributed by atoms with Crippen LogP contribution in [0, 0.1) is 5.92 Å². The summed E-state index contributed by atoms with van der Waals surface area (Å²) in [5.74, 6) is -1.15. The van der Waals surface area contributed by atoms with Crippen LogP contribution in [-0.4, -0.2) is 23.8 Å². The quantitative estimate of drug-likeness (QED) is 0.640. The van der Waals surface area contributed by atoms with E-state index in [0.717, 1.165) is 12.0 Å². The van der Waals surface area contributed by atoms with Crippen molar-refractivity contribution in [1.82, 2.24) is 10.6 Å². The highest BCUT2D eigenvalue weighted by Crippen LogP contribution is 2.11. The average Bonchev–Trinajstić information content (AvgIpc) is 2.57. The third-order valence-corrected chi connectivity index (χ3v) is 4.09. The summed E-state index contributed by atoms with van der Waals surface area (Å²) < 4.78 is 0. The Hall–Kier alpha value is -2.37. The predicted octanol–water partition coefficient (Wildman–Crippen LogP) is 1.66. The smallest absolute Gasteiger partial charge is 0.240 e. The second-order valence-corrected chi connectivity index (χ2v) is 6.03. The lowest BCUT2D eigenvalue weighted by atomic mass is 9.98. The number of hydrogen-bond acceptors (Lipinski definition) is 3. The molecule has 1 rings (SSSR count). The topological polar surface area (TPSA) is 101 Å². The molecule has 1 aromatic carbocycles. The van der Waals surface area contributed by atoms with Crippen LogP contribution in [0.25, 0.3) is 0 Å². The Bertz CT molecular complexity index is 560. The summed E-state index contributed by atoms with van der Waals surface area (Å²) in [6, 6.07) is 8.76. The first kappa shape index (κ1) is 19.7. The average molecular weight is 333 g/mol. The van der Waals surface area contributed by atoms with Gasteiger partial charge in [-0.05, 0) is 18.4 Å². The molecule has 0 aliphatic carbocycles. The van der Waals surface area contributed by atoms with Crippen LogP contribution >= 0.6 is 0 Å². The summed E-state index contributed by atoms with van der Waals surface area (Å²) in [6.07, 6.45) is 0.811. The molecule has 0 spiro atoms. The molecule has 6 nitrogen and oxygen atoms in total. The Morgan fingerprint density at radius 1 is 1.00 bits per heavy atom. The lowest BCUT2D eigenvalue weighted by Gasteiger charge is -2.21. The van der Waals surface area contributed by atoms with Crippen LogP contribution in [0.4, 0.5) is 0 Å². The van der Waals surface area contributed by atoms with Gasteiger partial charge in [-0.15, -0.1) is 0 Å². The number of primary amides is 1. The van der Waals surface area contributed by atoms with Crippen molar-refractivity contribution in [3.05, 3.63) is 35.9 Å². The fourth-order valence-electron chi connectivity index (χ4n) is 2.34. The van der Waals surface area contributed by atoms with Crippen LogP contribution in [0.5, 0.6) is 0 Å². The minimum Gasteiger partial charge on any atom is -0.368 e. The summed E-state index contributed by atoms with van der Waals surface area (Å²) in [6.45, 7) is 5.66. The van der Waals surface area contributed by atoms with E-state index in [0.29, 0.717) is 0 Å². The van der Waals surface area contributed by atoms with E-state index >= 15 is 0 Å². The van der Waals surface area contributed by atoms with Crippen LogP contribution in [0.15, 0.2) is 30.3 Å². The zero-order valence-electron chi connectivity index (χ0n) is 14.5. The van der Waals surface area contributed by atoms with Gasteiger partial charge in [0.1, 0.15) is 6.04 Å². The molecule has 0 aliphatic rings. The van der Waals surface area contributed by atoms with Crippen LogP contribution in [-0.2, 0) is 14.4 Å². The second kappa shape index (κ2) is 9.70. The van der Waals surface area contributed by atoms with Crippen molar-refractivity contribution in [1.29, 1.82) is 0 Å². The maximum Gasteiger partial charge on any atom is 0.240 e. The molecule has 0 aromatic heterocycles. The molecule has 3 atom stereocenters. The van der Waals surface area contributed by atoms with Gasteiger partial charge in [0.25, 0.3) is 0 Å². The molecule has 3 amide bonds. The Kier molecular flexibility index (Phi) is 7.95. The molecule has 0 unspecified atom stereocenters. The highest BCUT2D eigenvalue weighted by Gasteiger charge is 2.23. The van der Waals surface area contributed by atoms with E-state index in [-0.39, 0.29) is 36.6 Å². The first-order chi connectivity index (χ1) is 11.3. The van der Waals surface area contributed by atoms with Gasteiger partial charge in [0.2, 0.25) is 17.7 Å². The van der Waals surface area contributed by atoms with E-state index in [9.17, 15) is 14.4 Å². The van der Waals surface area contributed by atoms with Crippen molar-refractivity contribution in [2.24, 2.45) is 11.7 Å². The molecule has 0 saturated carbocycles. The molecule has 0 fully saturated rings. The third-order valence-electron chi connectivity index (χ3n) is 4.09. The highest BCUT2D eigenvalue weighted by molar-refractivity contribution is 5.88. The summed E-state index contributed by atoms with van der Waals surface area (Å²) in [5.41, 5.74) is 6.32. The summed E-state index contributed by atoms with van der Waals surface area (Å²) >= 11 is 0. The van der Waals surface area contributed by atoms with Crippen LogP contribution in [0.3, 0.4) is 0 Å². The van der Waals surface area contributed by atoms with Crippen molar-refractivity contribution in [2.75, 3.05) is 0 Å². The van der Waals surface area contributed by atoms with Gasteiger partial charge < -0.3 is 16.4 Å². The molecular formula is C18H27N3O3. The largest absolute Gasteiger partial charge is 0.368 e. The van der Waals surface area contributed by atoms with E-state index in [1.807, 2.05) is 51.1 Å². The number of hydrogen-bond donors (Lipinski definition) is 3. The summed E-state index contributed by atoms with van der Waals surface area (Å²) in [7, 11) is 0. The van der Waals surface area contributed by atoms with Crippen LogP contribution < -0.4 is 16.4 Å². The maximum atomic E-state index is 12.0. The van der Waals surface area contributed by atoms with Crippen molar-refractivity contribution in [3.8, 4) is 0 Å². The predicted molar refractivity (Wildman–Crippen MR) is 92.8 cm³/mol. The molecule has 0 saturated heterocycles. The van der Waals surface area contributed by atoms with Crippen molar-refractivity contribution in [2.45, 2.75) is 52.1 Å². The monoisotopic (exact) mass is 333 g/mol. The first-order valence-corrected chi connectivity index (χ1v) is 8.28. The van der Waals surface area contributed by atoms with Gasteiger partial charge in [-0.2, -0.15) is 0 Å². The molecule has 1 aromatic rings. The zero-order valence-corrected chi connectivity index (χ0v) is 14.5. The number of nitrogens with two attached hydrogens (primary N) is 1. The number of carbonyl (C=O) groups excluding carboxylic acids is 3. The molecule has 0 radical (unpaired) electrons. The minimum absolute atomic E-state index is 0.0214. The lowest BCUT2D eigenvalue weighted by molar-refractivity contribution is -0.130. The van der Waals surface area contributed by atoms with E-state index < -0.39 is 11.9 Å². The minimum atomic E-state index is -0.700. The Morgan fingerprint density at radius 3 is 2.04 bits per heavy atom. The van der Waals surface area contributed by atoms with Crippen molar-refractivity contribution >= 4 is 17.7 Å². The van der Waals surface area contributed by atoms with Gasteiger partial charge in [0.15, 0.2) is 0 Å². The molecule has 6 heteroatoms. The Labute approximate surface area is 143 Å². The number of amides is 3. The third kappa shape index (κ3) is 6.40. The zero-order chi connectivity index (χ0) is 18.1. The molecule has 0 heterocycles. The Balaban J connectivity index is 2.43. The van der Waals surface area contributed by atoms with Gasteiger partial charge in [0, 0.05) is 12.8 Å². The summed E-state index contributed by atoms with van der Waals surface area (Å²) in [5, 5.41) is 5.47. The normalized spacial score (nSPS) is 14.3. The first-order valence-electron chi connectivity index (χ1n) is 8.28. The van der Waals surface area contributed by atoms with Gasteiger partial charge in [0.05, 0.1) is 6.04 Å². The number of benzene rings is 1. The molecular weight excluding hydrogens is 306 g/mol. The second-order valence-electron chi connectivity index (χ2n) is 6.03. The highest BCUT2D eigenvalue weighted by atomic mass is 16.2. The number of carbonyl (C=O) groups is 3. The van der Waals surface area contributed by atoms with Gasteiger partial charge in [-0.3, -0.25) is 14.4 Å². The molecule has 0 bridgehead atoms. The van der Waals surface area contributed by atoms with Crippen molar-refractivity contribution in [3.63, 3.8) is 0 Å². The van der Waals surface area contributed by atoms with E-state index in [1.54, 1.807) is 0 Å². The van der Waals surface area contributed by atoms with Crippen LogP contribution in [0.2, 0.25) is 0 Å². The van der Waals surface area contributed by atoms with E-state index in [1.165, 1.54) is 0 Å². The number of rotatable bonds is 9. The Morgan fingerprint density at radius 2 is 1.54 bits per heavy atom. The SMILES string of the molecule is CC[C@@H](C)[C@@H](NC(=O)CCC(=O)N[C@H](C)c1ccccc1)C(N)=O. The standard InChI is InChI=1S/C18H27N3O3/c1-4-12(2)17(18(19)24)21-16(23)11-10-15(22)20-13(3)14-8-6-5-7-9-14/h5-9,12-13,17H,4,10-11H2,1-3H3,(H2,19,24)(H,20,22)(H,21,23)/t12-,13-,17-/m1/s1. The fourth-order valence-corrected chi connectivity index (χ4v) is 2.34. The molecule has 132 valence electrons. The molecule has 4 N–H and O–H groups in total. The van der Waals surface area contributed by atoms with Crippen LogP contribution in [0.1, 0.15) is 51.6 Å². The summed E-state index contributed by atoms with van der Waals surface area (Å²) in [4.78, 5) is 35.3. The van der Waals surface area contributed by atoms with Crippen molar-refractivity contribution < 1.29 is 14.4 Å². The van der Waals surface area contributed by atoms with Gasteiger partial charge in [-0.25, -0.2) is 0 Å². The maximum absolute atomic E-state index is 12.0. The van der Waals surface area contributed by atoms with Gasteiger partial charge >= 0.3 is 0 Å². The van der Waals surface area contributed by atoms with E-state index in [2.05, 4.69) is 10.6 Å².